The van der Waals surface area contributed by atoms with Gasteiger partial charge in [0.2, 0.25) is 0 Å². The van der Waals surface area contributed by atoms with Crippen LogP contribution in [0.1, 0.15) is 18.5 Å². The number of ether oxygens (including phenoxy) is 1. The van der Waals surface area contributed by atoms with Crippen molar-refractivity contribution in [2.75, 3.05) is 26.0 Å². The smallest absolute Gasteiger partial charge is 0.279 e. The van der Waals surface area contributed by atoms with Crippen molar-refractivity contribution in [2.45, 2.75) is 13.0 Å². The van der Waals surface area contributed by atoms with Crippen molar-refractivity contribution in [3.05, 3.63) is 63.2 Å². The fourth-order valence-corrected chi connectivity index (χ4v) is 2.74. The van der Waals surface area contributed by atoms with Gasteiger partial charge in [-0.2, -0.15) is 0 Å². The molecule has 0 aliphatic carbocycles. The molecular formula is C18H21ClN3O4+. The van der Waals surface area contributed by atoms with Gasteiger partial charge in [-0.3, -0.25) is 14.9 Å². The Morgan fingerprint density at radius 1 is 1.35 bits per heavy atom. The average Bonchev–Trinajstić information content (AvgIpc) is 2.61. The number of nitro groups is 1. The Morgan fingerprint density at radius 2 is 2.08 bits per heavy atom. The zero-order valence-corrected chi connectivity index (χ0v) is 15.5. The summed E-state index contributed by atoms with van der Waals surface area (Å²) in [5.74, 6) is 0.312. The van der Waals surface area contributed by atoms with Crippen molar-refractivity contribution in [3.8, 4) is 5.75 Å². The van der Waals surface area contributed by atoms with E-state index in [0.717, 1.165) is 10.5 Å². The van der Waals surface area contributed by atoms with Crippen LogP contribution >= 0.6 is 11.6 Å². The summed E-state index contributed by atoms with van der Waals surface area (Å²) in [5.41, 5.74) is 1.33. The van der Waals surface area contributed by atoms with Gasteiger partial charge in [-0.25, -0.2) is 0 Å². The van der Waals surface area contributed by atoms with E-state index >= 15 is 0 Å². The minimum Gasteiger partial charge on any atom is -0.495 e. The molecule has 0 aliphatic rings. The molecule has 0 bridgehead atoms. The number of hydrogen-bond donors (Lipinski definition) is 2. The number of carbonyl (C=O) groups is 1. The number of quaternary nitrogens is 1. The second-order valence-corrected chi connectivity index (χ2v) is 6.43. The number of benzene rings is 2. The summed E-state index contributed by atoms with van der Waals surface area (Å²) < 4.78 is 5.21. The van der Waals surface area contributed by atoms with Crippen LogP contribution in [0.25, 0.3) is 0 Å². The maximum absolute atomic E-state index is 12.4. The lowest BCUT2D eigenvalue weighted by Crippen LogP contribution is -3.10. The van der Waals surface area contributed by atoms with Gasteiger partial charge in [-0.05, 0) is 25.1 Å². The minimum atomic E-state index is -0.427. The quantitative estimate of drug-likeness (QED) is 0.572. The van der Waals surface area contributed by atoms with Crippen molar-refractivity contribution >= 4 is 28.9 Å². The number of methoxy groups -OCH3 is 1. The molecule has 0 aliphatic heterocycles. The molecule has 0 heterocycles. The maximum Gasteiger partial charge on any atom is 0.279 e. The van der Waals surface area contributed by atoms with Gasteiger partial charge < -0.3 is 15.0 Å². The Hall–Kier alpha value is -2.64. The lowest BCUT2D eigenvalue weighted by Gasteiger charge is -2.21. The largest absolute Gasteiger partial charge is 0.495 e. The summed E-state index contributed by atoms with van der Waals surface area (Å²) in [6.45, 7) is 2.10. The van der Waals surface area contributed by atoms with Crippen LogP contribution in [0.3, 0.4) is 0 Å². The van der Waals surface area contributed by atoms with E-state index in [4.69, 9.17) is 16.3 Å². The molecule has 26 heavy (non-hydrogen) atoms. The number of nitrogens with zero attached hydrogens (tertiary/aromatic N) is 1. The third-order valence-electron chi connectivity index (χ3n) is 4.20. The van der Waals surface area contributed by atoms with Crippen molar-refractivity contribution < 1.29 is 19.4 Å². The van der Waals surface area contributed by atoms with Gasteiger partial charge >= 0.3 is 0 Å². The SMILES string of the molecule is COc1ccc(Cl)cc1NC(=O)C[NH+](C)[C@H](C)c1cccc([N+](=O)[O-])c1. The molecule has 2 N–H and O–H groups in total. The Labute approximate surface area is 156 Å². The highest BCUT2D eigenvalue weighted by Gasteiger charge is 2.21. The van der Waals surface area contributed by atoms with Crippen LogP contribution in [0.15, 0.2) is 42.5 Å². The number of hydrogen-bond acceptors (Lipinski definition) is 4. The third-order valence-corrected chi connectivity index (χ3v) is 4.43. The molecule has 2 aromatic rings. The predicted octanol–water partition coefficient (Wildman–Crippen LogP) is 2.47. The molecule has 0 spiro atoms. The van der Waals surface area contributed by atoms with E-state index < -0.39 is 4.92 Å². The number of amides is 1. The first-order chi connectivity index (χ1) is 12.3. The number of likely N-dealkylation sites (N-methyl/N-ethyl adjacent to an activating group) is 1. The number of anilines is 1. The van der Waals surface area contributed by atoms with Crippen LogP contribution in [0.5, 0.6) is 5.75 Å². The van der Waals surface area contributed by atoms with Crippen molar-refractivity contribution in [1.29, 1.82) is 0 Å². The van der Waals surface area contributed by atoms with E-state index in [1.165, 1.54) is 19.2 Å². The topological polar surface area (TPSA) is 85.9 Å². The maximum atomic E-state index is 12.4. The van der Waals surface area contributed by atoms with Gasteiger partial charge in [0.15, 0.2) is 6.54 Å². The number of nitrogens with one attached hydrogen (secondary N) is 2. The molecule has 2 rings (SSSR count). The molecule has 2 aromatic carbocycles. The Kier molecular flexibility index (Phi) is 6.54. The second kappa shape index (κ2) is 8.64. The summed E-state index contributed by atoms with van der Waals surface area (Å²) >= 11 is 5.97. The van der Waals surface area contributed by atoms with Crippen LogP contribution in [0.2, 0.25) is 5.02 Å². The third kappa shape index (κ3) is 4.93. The molecule has 2 atom stereocenters. The number of carbonyl (C=O) groups excluding carboxylic acids is 1. The van der Waals surface area contributed by atoms with E-state index in [2.05, 4.69) is 5.32 Å². The van der Waals surface area contributed by atoms with Crippen LogP contribution in [0, 0.1) is 10.1 Å². The summed E-state index contributed by atoms with van der Waals surface area (Å²) in [6, 6.07) is 11.3. The molecule has 7 nitrogen and oxygen atoms in total. The van der Waals surface area contributed by atoms with Crippen molar-refractivity contribution in [2.24, 2.45) is 0 Å². The molecule has 0 aromatic heterocycles. The van der Waals surface area contributed by atoms with E-state index in [1.807, 2.05) is 20.0 Å². The summed E-state index contributed by atoms with van der Waals surface area (Å²) in [4.78, 5) is 23.8. The van der Waals surface area contributed by atoms with E-state index in [1.54, 1.807) is 24.3 Å². The number of nitro benzene ring substituents is 1. The van der Waals surface area contributed by atoms with Crippen molar-refractivity contribution in [3.63, 3.8) is 0 Å². The standard InChI is InChI=1S/C18H20ClN3O4/c1-12(13-5-4-6-15(9-13)22(24)25)21(2)11-18(23)20-16-10-14(19)7-8-17(16)26-3/h4-10,12H,11H2,1-3H3,(H,20,23)/p+1/t12-/m1/s1. The van der Waals surface area contributed by atoms with Gasteiger partial charge in [-0.1, -0.05) is 23.7 Å². The van der Waals surface area contributed by atoms with Crippen LogP contribution in [-0.2, 0) is 4.79 Å². The minimum absolute atomic E-state index is 0.0373. The number of rotatable bonds is 7. The van der Waals surface area contributed by atoms with Crippen LogP contribution in [0.4, 0.5) is 11.4 Å². The lowest BCUT2D eigenvalue weighted by atomic mass is 10.1. The molecule has 8 heteroatoms. The van der Waals surface area contributed by atoms with E-state index in [-0.39, 0.29) is 24.2 Å². The first-order valence-electron chi connectivity index (χ1n) is 8.02. The number of non-ortho nitro benzene ring substituents is 1. The Bertz CT molecular complexity index is 813. The summed E-state index contributed by atoms with van der Waals surface area (Å²) in [5, 5.41) is 14.2. The Balaban J connectivity index is 2.06. The van der Waals surface area contributed by atoms with Gasteiger partial charge in [0.25, 0.3) is 11.6 Å². The van der Waals surface area contributed by atoms with Crippen molar-refractivity contribution in [1.82, 2.24) is 0 Å². The molecule has 0 fully saturated rings. The van der Waals surface area contributed by atoms with Crippen LogP contribution in [-0.4, -0.2) is 31.5 Å². The summed E-state index contributed by atoms with van der Waals surface area (Å²) in [6.07, 6.45) is 0. The highest BCUT2D eigenvalue weighted by atomic mass is 35.5. The highest BCUT2D eigenvalue weighted by Crippen LogP contribution is 2.27. The first-order valence-corrected chi connectivity index (χ1v) is 8.39. The molecule has 0 saturated heterocycles. The first kappa shape index (κ1) is 19.7. The lowest BCUT2D eigenvalue weighted by molar-refractivity contribution is -0.902. The fourth-order valence-electron chi connectivity index (χ4n) is 2.57. The fraction of sp³-hybridized carbons (Fsp3) is 0.278. The second-order valence-electron chi connectivity index (χ2n) is 5.99. The summed E-state index contributed by atoms with van der Waals surface area (Å²) in [7, 11) is 3.37. The van der Waals surface area contributed by atoms with E-state index in [9.17, 15) is 14.9 Å². The van der Waals surface area contributed by atoms with Gasteiger partial charge in [0.1, 0.15) is 11.8 Å². The van der Waals surface area contributed by atoms with Crippen LogP contribution < -0.4 is 15.0 Å². The van der Waals surface area contributed by atoms with Gasteiger partial charge in [0, 0.05) is 22.7 Å². The molecular weight excluding hydrogens is 358 g/mol. The molecule has 0 saturated carbocycles. The Morgan fingerprint density at radius 3 is 2.73 bits per heavy atom. The molecule has 0 radical (unpaired) electrons. The monoisotopic (exact) mass is 378 g/mol. The molecule has 1 unspecified atom stereocenters. The van der Waals surface area contributed by atoms with Gasteiger partial charge in [-0.15, -0.1) is 0 Å². The number of halogens is 1. The zero-order valence-electron chi connectivity index (χ0n) is 14.8. The molecule has 138 valence electrons. The normalized spacial score (nSPS) is 12.9. The highest BCUT2D eigenvalue weighted by molar-refractivity contribution is 6.31. The molecule has 1 amide bonds. The van der Waals surface area contributed by atoms with Gasteiger partial charge in [0.05, 0.1) is 24.8 Å². The zero-order chi connectivity index (χ0) is 19.3. The van der Waals surface area contributed by atoms with E-state index in [0.29, 0.717) is 16.5 Å². The predicted molar refractivity (Wildman–Crippen MR) is 99.9 cm³/mol. The average molecular weight is 379 g/mol.